The molecule has 0 amide bonds. The van der Waals surface area contributed by atoms with E-state index in [1.54, 1.807) is 0 Å². The van der Waals surface area contributed by atoms with Gasteiger partial charge >= 0.3 is 0 Å². The van der Waals surface area contributed by atoms with Crippen LogP contribution in [0.4, 0.5) is 0 Å². The van der Waals surface area contributed by atoms with E-state index < -0.39 is 5.41 Å². The van der Waals surface area contributed by atoms with Crippen LogP contribution in [0.15, 0.2) is 176 Å². The van der Waals surface area contributed by atoms with Crippen LogP contribution in [0.3, 0.4) is 0 Å². The Morgan fingerprint density at radius 3 is 1.30 bits per heavy atom. The highest BCUT2D eigenvalue weighted by Gasteiger charge is 2.49. The van der Waals surface area contributed by atoms with Crippen molar-refractivity contribution in [1.82, 2.24) is 0 Å². The van der Waals surface area contributed by atoms with Crippen molar-refractivity contribution in [3.63, 3.8) is 0 Å². The van der Waals surface area contributed by atoms with Gasteiger partial charge in [0.2, 0.25) is 0 Å². The summed E-state index contributed by atoms with van der Waals surface area (Å²) in [5.74, 6) is 0. The monoisotopic (exact) mass is 573 g/mol. The van der Waals surface area contributed by atoms with Crippen LogP contribution >= 0.6 is 0 Å². The quantitative estimate of drug-likeness (QED) is 0.180. The van der Waals surface area contributed by atoms with Gasteiger partial charge in [0.15, 0.2) is 0 Å². The summed E-state index contributed by atoms with van der Waals surface area (Å²) in [6, 6.07) is 64.1. The van der Waals surface area contributed by atoms with Gasteiger partial charge in [-0.25, -0.2) is 0 Å². The Morgan fingerprint density at radius 2 is 0.773 bits per heavy atom. The number of benzene rings is 7. The minimum Gasteiger partial charge on any atom is -0.0622 e. The Bertz CT molecular complexity index is 2050. The average molecular weight is 574 g/mol. The summed E-state index contributed by atoms with van der Waals surface area (Å²) < 4.78 is 0. The highest BCUT2D eigenvalue weighted by molar-refractivity contribution is 6.37. The lowest BCUT2D eigenvalue weighted by atomic mass is 9.63. The molecule has 7 aromatic carbocycles. The van der Waals surface area contributed by atoms with E-state index in [9.17, 15) is 0 Å². The molecule has 0 unspecified atom stereocenters. The summed E-state index contributed by atoms with van der Waals surface area (Å²) in [4.78, 5) is 0. The lowest BCUT2D eigenvalue weighted by molar-refractivity contribution is 0.773. The second-order valence-corrected chi connectivity index (χ2v) is 11.9. The third kappa shape index (κ3) is 3.97. The molecule has 0 bridgehead atoms. The minimum absolute atomic E-state index is 0.575. The molecule has 1 heteroatoms. The molecule has 0 aliphatic heterocycles. The zero-order valence-electron chi connectivity index (χ0n) is 24.2. The number of hydrogen-bond acceptors (Lipinski definition) is 0. The second-order valence-electron chi connectivity index (χ2n) is 11.4. The van der Waals surface area contributed by atoms with Crippen molar-refractivity contribution >= 4 is 15.4 Å². The molecular formula is C43H29Si. The average Bonchev–Trinajstić information content (AvgIpc) is 3.40. The van der Waals surface area contributed by atoms with Gasteiger partial charge in [0, 0.05) is 0 Å². The lowest BCUT2D eigenvalue weighted by Crippen LogP contribution is -2.31. The second kappa shape index (κ2) is 10.8. The molecule has 0 spiro atoms. The molecule has 3 radical (unpaired) electrons. The van der Waals surface area contributed by atoms with Crippen LogP contribution in [0.2, 0.25) is 0 Å². The molecule has 8 rings (SSSR count). The summed E-state index contributed by atoms with van der Waals surface area (Å²) in [6.07, 6.45) is 0. The maximum Gasteiger partial charge on any atom is 0.0725 e. The van der Waals surface area contributed by atoms with Crippen molar-refractivity contribution in [1.29, 1.82) is 0 Å². The number of rotatable bonds is 5. The van der Waals surface area contributed by atoms with Gasteiger partial charge in [0.05, 0.1) is 15.7 Å². The van der Waals surface area contributed by atoms with Crippen LogP contribution < -0.4 is 5.19 Å². The summed E-state index contributed by atoms with van der Waals surface area (Å²) in [6.45, 7) is 0. The fourth-order valence-electron chi connectivity index (χ4n) is 7.36. The molecule has 7 aromatic rings. The molecule has 205 valence electrons. The Balaban J connectivity index is 1.67. The maximum atomic E-state index is 4.18. The van der Waals surface area contributed by atoms with E-state index in [1.807, 2.05) is 0 Å². The van der Waals surface area contributed by atoms with Crippen LogP contribution in [0.25, 0.3) is 44.5 Å². The summed E-state index contributed by atoms with van der Waals surface area (Å²) >= 11 is 0. The zero-order valence-corrected chi connectivity index (χ0v) is 25.2. The van der Waals surface area contributed by atoms with Crippen LogP contribution in [0.1, 0.15) is 22.3 Å². The minimum atomic E-state index is -0.575. The van der Waals surface area contributed by atoms with Crippen LogP contribution in [0, 0.1) is 0 Å². The third-order valence-electron chi connectivity index (χ3n) is 9.07. The van der Waals surface area contributed by atoms with Crippen molar-refractivity contribution in [2.75, 3.05) is 0 Å². The van der Waals surface area contributed by atoms with Gasteiger partial charge in [-0.05, 0) is 66.8 Å². The standard InChI is InChI=1S/C43H29Si/c44-39-29-36(30-17-5-1-6-18-30)42(41(32-21-9-3-10-22-32)40(39)31-19-7-2-8-20-31)43(33-23-11-4-12-24-33)37-27-15-13-25-34(37)35-26-14-16-28-38(35)43/h1-29H. The van der Waals surface area contributed by atoms with E-state index in [-0.39, 0.29) is 0 Å². The van der Waals surface area contributed by atoms with E-state index >= 15 is 0 Å². The van der Waals surface area contributed by atoms with Gasteiger partial charge in [-0.1, -0.05) is 181 Å². The zero-order chi connectivity index (χ0) is 29.5. The largest absolute Gasteiger partial charge is 0.0725 e. The summed E-state index contributed by atoms with van der Waals surface area (Å²) in [7, 11) is 4.18. The van der Waals surface area contributed by atoms with E-state index in [0.717, 1.165) is 5.19 Å². The third-order valence-corrected chi connectivity index (χ3v) is 9.47. The molecule has 0 aromatic heterocycles. The smallest absolute Gasteiger partial charge is 0.0622 e. The van der Waals surface area contributed by atoms with E-state index in [1.165, 1.54) is 66.8 Å². The van der Waals surface area contributed by atoms with Crippen LogP contribution in [-0.2, 0) is 5.41 Å². The van der Waals surface area contributed by atoms with Crippen molar-refractivity contribution in [3.8, 4) is 44.5 Å². The summed E-state index contributed by atoms with van der Waals surface area (Å²) in [5, 5.41) is 1.07. The molecule has 1 aliphatic carbocycles. The van der Waals surface area contributed by atoms with Gasteiger partial charge in [-0.3, -0.25) is 0 Å². The maximum absolute atomic E-state index is 4.18. The van der Waals surface area contributed by atoms with Crippen molar-refractivity contribution < 1.29 is 0 Å². The highest BCUT2D eigenvalue weighted by Crippen LogP contribution is 2.60. The Hall–Kier alpha value is -5.24. The fraction of sp³-hybridized carbons (Fsp3) is 0.0233. The van der Waals surface area contributed by atoms with Gasteiger partial charge in [0.1, 0.15) is 0 Å². The van der Waals surface area contributed by atoms with Gasteiger partial charge in [-0.2, -0.15) is 0 Å². The van der Waals surface area contributed by atoms with Crippen LogP contribution in [-0.4, -0.2) is 10.2 Å². The summed E-state index contributed by atoms with van der Waals surface area (Å²) in [5.41, 5.74) is 14.4. The Morgan fingerprint density at radius 1 is 0.364 bits per heavy atom. The first-order valence-electron chi connectivity index (χ1n) is 15.1. The Kier molecular flexibility index (Phi) is 6.47. The SMILES string of the molecule is [Si]c1cc(-c2ccccc2)c(C2(c3ccccc3)c3ccccc3-c3ccccc32)c(-c2ccccc2)c1-c1ccccc1. The molecule has 0 saturated heterocycles. The first kappa shape index (κ1) is 26.4. The molecule has 0 fully saturated rings. The topological polar surface area (TPSA) is 0 Å². The lowest BCUT2D eigenvalue weighted by Gasteiger charge is -2.38. The Labute approximate surface area is 262 Å². The van der Waals surface area contributed by atoms with E-state index in [4.69, 9.17) is 0 Å². The van der Waals surface area contributed by atoms with Crippen molar-refractivity contribution in [3.05, 3.63) is 198 Å². The normalized spacial score (nSPS) is 12.8. The molecule has 0 saturated carbocycles. The number of fused-ring (bicyclic) bond motifs is 3. The molecule has 1 aliphatic rings. The van der Waals surface area contributed by atoms with Gasteiger partial charge in [-0.15, -0.1) is 0 Å². The predicted octanol–water partition coefficient (Wildman–Crippen LogP) is 9.84. The van der Waals surface area contributed by atoms with Crippen molar-refractivity contribution in [2.24, 2.45) is 0 Å². The molecule has 0 N–H and O–H groups in total. The highest BCUT2D eigenvalue weighted by atomic mass is 28.1. The predicted molar refractivity (Wildman–Crippen MR) is 185 cm³/mol. The molecule has 44 heavy (non-hydrogen) atoms. The first-order valence-corrected chi connectivity index (χ1v) is 15.6. The van der Waals surface area contributed by atoms with Crippen LogP contribution in [0.5, 0.6) is 0 Å². The van der Waals surface area contributed by atoms with Crippen molar-refractivity contribution in [2.45, 2.75) is 5.41 Å². The molecule has 0 heterocycles. The molecule has 0 nitrogen and oxygen atoms in total. The number of hydrogen-bond donors (Lipinski definition) is 0. The van der Waals surface area contributed by atoms with E-state index in [0.29, 0.717) is 0 Å². The fourth-order valence-corrected chi connectivity index (χ4v) is 7.78. The van der Waals surface area contributed by atoms with E-state index in [2.05, 4.69) is 186 Å². The van der Waals surface area contributed by atoms with Gasteiger partial charge < -0.3 is 0 Å². The molecule has 0 atom stereocenters. The first-order chi connectivity index (χ1) is 21.8. The molecular weight excluding hydrogens is 545 g/mol. The van der Waals surface area contributed by atoms with Gasteiger partial charge in [0.25, 0.3) is 0 Å².